The van der Waals surface area contributed by atoms with Crippen LogP contribution in [0.3, 0.4) is 0 Å². The van der Waals surface area contributed by atoms with Crippen molar-refractivity contribution >= 4 is 0 Å². The number of methoxy groups -OCH3 is 1. The number of pyridine rings is 1. The van der Waals surface area contributed by atoms with Crippen molar-refractivity contribution in [1.29, 1.82) is 0 Å². The quantitative estimate of drug-likeness (QED) is 0.875. The van der Waals surface area contributed by atoms with Gasteiger partial charge in [-0.05, 0) is 35.7 Å². The number of hydrogen-bond acceptors (Lipinski definition) is 3. The maximum absolute atomic E-state index is 5.25. The summed E-state index contributed by atoms with van der Waals surface area (Å²) >= 11 is 0. The molecule has 2 aromatic rings. The van der Waals surface area contributed by atoms with Gasteiger partial charge in [0.2, 0.25) is 0 Å². The maximum atomic E-state index is 5.25. The lowest BCUT2D eigenvalue weighted by Crippen LogP contribution is -2.24. The minimum atomic E-state index is 0.805. The lowest BCUT2D eigenvalue weighted by Gasteiger charge is -2.20. The molecule has 92 valence electrons. The second-order valence-corrected chi connectivity index (χ2v) is 4.48. The van der Waals surface area contributed by atoms with Crippen molar-refractivity contribution in [3.8, 4) is 16.9 Å². The first-order valence-electron chi connectivity index (χ1n) is 6.19. The molecule has 0 atom stereocenters. The molecule has 0 aliphatic carbocycles. The number of fused-ring (bicyclic) bond motifs is 1. The highest BCUT2D eigenvalue weighted by molar-refractivity contribution is 5.69. The lowest BCUT2D eigenvalue weighted by molar-refractivity contribution is 0.413. The highest BCUT2D eigenvalue weighted by Gasteiger charge is 2.13. The Morgan fingerprint density at radius 1 is 1.28 bits per heavy atom. The van der Waals surface area contributed by atoms with E-state index < -0.39 is 0 Å². The Bertz CT molecular complexity index is 566. The molecule has 1 aromatic carbocycles. The van der Waals surface area contributed by atoms with Crippen LogP contribution in [0, 0.1) is 0 Å². The zero-order chi connectivity index (χ0) is 12.4. The van der Waals surface area contributed by atoms with E-state index in [2.05, 4.69) is 28.5 Å². The Morgan fingerprint density at radius 2 is 2.22 bits per heavy atom. The molecule has 3 rings (SSSR count). The van der Waals surface area contributed by atoms with E-state index >= 15 is 0 Å². The number of hydrogen-bond donors (Lipinski definition) is 1. The topological polar surface area (TPSA) is 34.1 Å². The summed E-state index contributed by atoms with van der Waals surface area (Å²) < 4.78 is 5.25. The molecule has 1 aliphatic rings. The normalized spacial score (nSPS) is 14.1. The number of benzene rings is 1. The zero-order valence-corrected chi connectivity index (χ0v) is 10.4. The van der Waals surface area contributed by atoms with Crippen LogP contribution in [0.15, 0.2) is 36.7 Å². The van der Waals surface area contributed by atoms with Crippen LogP contribution in [0.4, 0.5) is 0 Å². The summed E-state index contributed by atoms with van der Waals surface area (Å²) in [5.41, 5.74) is 5.24. The number of nitrogens with one attached hydrogen (secondary N) is 1. The van der Waals surface area contributed by atoms with Gasteiger partial charge >= 0.3 is 0 Å². The minimum Gasteiger partial charge on any atom is -0.495 e. The van der Waals surface area contributed by atoms with Gasteiger partial charge < -0.3 is 10.1 Å². The summed E-state index contributed by atoms with van der Waals surface area (Å²) in [4.78, 5) is 4.24. The van der Waals surface area contributed by atoms with Crippen LogP contribution in [0.2, 0.25) is 0 Å². The van der Waals surface area contributed by atoms with Gasteiger partial charge in [0.05, 0.1) is 13.3 Å². The SMILES string of the molecule is COc1cncc(-c2cccc3c2CCNC3)c1. The highest BCUT2D eigenvalue weighted by atomic mass is 16.5. The molecule has 1 aliphatic heterocycles. The smallest absolute Gasteiger partial charge is 0.137 e. The molecular formula is C15H16N2O. The van der Waals surface area contributed by atoms with Crippen LogP contribution in [-0.2, 0) is 13.0 Å². The lowest BCUT2D eigenvalue weighted by atomic mass is 9.92. The molecule has 1 aromatic heterocycles. The van der Waals surface area contributed by atoms with Crippen LogP contribution < -0.4 is 10.1 Å². The molecular weight excluding hydrogens is 224 g/mol. The molecule has 0 unspecified atom stereocenters. The zero-order valence-electron chi connectivity index (χ0n) is 10.4. The first-order valence-corrected chi connectivity index (χ1v) is 6.19. The standard InChI is InChI=1S/C15H16N2O/c1-18-13-7-12(9-17-10-13)14-4-2-3-11-8-16-6-5-15(11)14/h2-4,7,9-10,16H,5-6,8H2,1H3. The molecule has 2 heterocycles. The molecule has 0 amide bonds. The van der Waals surface area contributed by atoms with Crippen LogP contribution in [-0.4, -0.2) is 18.6 Å². The van der Waals surface area contributed by atoms with Gasteiger partial charge in [0.25, 0.3) is 0 Å². The van der Waals surface area contributed by atoms with Crippen molar-refractivity contribution in [3.05, 3.63) is 47.8 Å². The Morgan fingerprint density at radius 3 is 3.11 bits per heavy atom. The summed E-state index contributed by atoms with van der Waals surface area (Å²) in [6.07, 6.45) is 4.71. The van der Waals surface area contributed by atoms with Gasteiger partial charge in [-0.15, -0.1) is 0 Å². The van der Waals surface area contributed by atoms with Crippen molar-refractivity contribution in [2.75, 3.05) is 13.7 Å². The third kappa shape index (κ3) is 1.97. The molecule has 0 radical (unpaired) electrons. The van der Waals surface area contributed by atoms with E-state index in [-0.39, 0.29) is 0 Å². The first-order chi connectivity index (χ1) is 8.88. The number of rotatable bonds is 2. The van der Waals surface area contributed by atoms with Gasteiger partial charge in [-0.1, -0.05) is 18.2 Å². The van der Waals surface area contributed by atoms with Crippen molar-refractivity contribution in [3.63, 3.8) is 0 Å². The molecule has 0 spiro atoms. The number of aromatic nitrogens is 1. The molecule has 0 fully saturated rings. The Kier molecular flexibility index (Phi) is 2.99. The summed E-state index contributed by atoms with van der Waals surface area (Å²) in [5, 5.41) is 3.40. The first kappa shape index (κ1) is 11.2. The van der Waals surface area contributed by atoms with Gasteiger partial charge in [0.1, 0.15) is 5.75 Å². The predicted octanol–water partition coefficient (Wildman–Crippen LogP) is 2.40. The Labute approximate surface area is 107 Å². The van der Waals surface area contributed by atoms with Crippen LogP contribution in [0.25, 0.3) is 11.1 Å². The highest BCUT2D eigenvalue weighted by Crippen LogP contribution is 2.29. The molecule has 0 saturated carbocycles. The molecule has 3 nitrogen and oxygen atoms in total. The van der Waals surface area contributed by atoms with E-state index in [9.17, 15) is 0 Å². The predicted molar refractivity (Wildman–Crippen MR) is 71.6 cm³/mol. The van der Waals surface area contributed by atoms with Crippen molar-refractivity contribution < 1.29 is 4.74 Å². The third-order valence-corrected chi connectivity index (χ3v) is 3.40. The molecule has 0 saturated heterocycles. The summed E-state index contributed by atoms with van der Waals surface area (Å²) in [7, 11) is 1.67. The molecule has 18 heavy (non-hydrogen) atoms. The van der Waals surface area contributed by atoms with Crippen molar-refractivity contribution in [1.82, 2.24) is 10.3 Å². The van der Waals surface area contributed by atoms with Gasteiger partial charge in [-0.3, -0.25) is 4.98 Å². The molecule has 0 bridgehead atoms. The number of nitrogens with zero attached hydrogens (tertiary/aromatic N) is 1. The van der Waals surface area contributed by atoms with Crippen LogP contribution in [0.5, 0.6) is 5.75 Å². The van der Waals surface area contributed by atoms with E-state index in [1.807, 2.05) is 12.3 Å². The maximum Gasteiger partial charge on any atom is 0.137 e. The van der Waals surface area contributed by atoms with E-state index in [0.717, 1.165) is 30.8 Å². The Hall–Kier alpha value is -1.87. The van der Waals surface area contributed by atoms with Gasteiger partial charge in [-0.2, -0.15) is 0 Å². The number of ether oxygens (including phenoxy) is 1. The Balaban J connectivity index is 2.10. The summed E-state index contributed by atoms with van der Waals surface area (Å²) in [6.45, 7) is 2.00. The summed E-state index contributed by atoms with van der Waals surface area (Å²) in [5.74, 6) is 0.805. The third-order valence-electron chi connectivity index (χ3n) is 3.40. The van der Waals surface area contributed by atoms with Gasteiger partial charge in [-0.25, -0.2) is 0 Å². The fourth-order valence-corrected chi connectivity index (χ4v) is 2.48. The summed E-state index contributed by atoms with van der Waals surface area (Å²) in [6, 6.07) is 8.52. The largest absolute Gasteiger partial charge is 0.495 e. The van der Waals surface area contributed by atoms with E-state index in [4.69, 9.17) is 4.74 Å². The average molecular weight is 240 g/mol. The average Bonchev–Trinajstić information content (AvgIpc) is 2.47. The van der Waals surface area contributed by atoms with Crippen LogP contribution in [0.1, 0.15) is 11.1 Å². The van der Waals surface area contributed by atoms with Crippen molar-refractivity contribution in [2.45, 2.75) is 13.0 Å². The van der Waals surface area contributed by atoms with Crippen LogP contribution >= 0.6 is 0 Å². The van der Waals surface area contributed by atoms with E-state index in [1.165, 1.54) is 16.7 Å². The molecule has 1 N–H and O–H groups in total. The second-order valence-electron chi connectivity index (χ2n) is 4.48. The van der Waals surface area contributed by atoms with Crippen molar-refractivity contribution in [2.24, 2.45) is 0 Å². The minimum absolute atomic E-state index is 0.805. The van der Waals surface area contributed by atoms with Gasteiger partial charge in [0.15, 0.2) is 0 Å². The van der Waals surface area contributed by atoms with E-state index in [0.29, 0.717) is 0 Å². The van der Waals surface area contributed by atoms with E-state index in [1.54, 1.807) is 13.3 Å². The fourth-order valence-electron chi connectivity index (χ4n) is 2.48. The monoisotopic (exact) mass is 240 g/mol. The fraction of sp³-hybridized carbons (Fsp3) is 0.267. The van der Waals surface area contributed by atoms with Gasteiger partial charge in [0, 0.05) is 18.3 Å². The molecule has 3 heteroatoms. The second kappa shape index (κ2) is 4.78.